The summed E-state index contributed by atoms with van der Waals surface area (Å²) in [5.41, 5.74) is 3.91. The summed E-state index contributed by atoms with van der Waals surface area (Å²) in [5.74, 6) is 1.07. The number of nitrogens with zero attached hydrogens (tertiary/aromatic N) is 1. The van der Waals surface area contributed by atoms with Crippen molar-refractivity contribution >= 4 is 11.6 Å². The molecule has 22 heavy (non-hydrogen) atoms. The number of piperidine rings is 1. The maximum atomic E-state index is 12.4. The predicted molar refractivity (Wildman–Crippen MR) is 91.2 cm³/mol. The van der Waals surface area contributed by atoms with E-state index in [2.05, 4.69) is 30.4 Å². The van der Waals surface area contributed by atoms with Crippen LogP contribution in [0.5, 0.6) is 0 Å². The highest BCUT2D eigenvalue weighted by atomic mass is 16.2. The van der Waals surface area contributed by atoms with E-state index >= 15 is 0 Å². The third kappa shape index (κ3) is 3.05. The van der Waals surface area contributed by atoms with Gasteiger partial charge in [0.2, 0.25) is 5.91 Å². The number of benzene rings is 1. The number of hydrogen-bond acceptors (Lipinski definition) is 2. The fourth-order valence-electron chi connectivity index (χ4n) is 3.86. The lowest BCUT2D eigenvalue weighted by molar-refractivity contribution is -0.121. The van der Waals surface area contributed by atoms with Gasteiger partial charge in [0.1, 0.15) is 0 Å². The Morgan fingerprint density at radius 2 is 2.23 bits per heavy atom. The zero-order valence-electron chi connectivity index (χ0n) is 14.1. The zero-order chi connectivity index (χ0) is 15.7. The highest BCUT2D eigenvalue weighted by Gasteiger charge is 2.32. The van der Waals surface area contributed by atoms with Gasteiger partial charge in [-0.25, -0.2) is 0 Å². The minimum absolute atomic E-state index is 0.0568. The first-order chi connectivity index (χ1) is 10.6. The maximum Gasteiger partial charge on any atom is 0.229 e. The van der Waals surface area contributed by atoms with Crippen LogP contribution in [0.25, 0.3) is 0 Å². The van der Waals surface area contributed by atoms with Gasteiger partial charge in [-0.15, -0.1) is 0 Å². The molecule has 1 aromatic rings. The van der Waals surface area contributed by atoms with Crippen molar-refractivity contribution in [3.63, 3.8) is 0 Å². The van der Waals surface area contributed by atoms with Crippen molar-refractivity contribution in [2.24, 2.45) is 11.8 Å². The molecule has 0 spiro atoms. The Kier molecular flexibility index (Phi) is 4.53. The van der Waals surface area contributed by atoms with E-state index < -0.39 is 0 Å². The van der Waals surface area contributed by atoms with Gasteiger partial charge in [-0.05, 0) is 68.8 Å². The molecule has 3 rings (SSSR count). The van der Waals surface area contributed by atoms with Gasteiger partial charge in [0.15, 0.2) is 0 Å². The van der Waals surface area contributed by atoms with Gasteiger partial charge >= 0.3 is 0 Å². The summed E-state index contributed by atoms with van der Waals surface area (Å²) in [6.45, 7) is 8.44. The van der Waals surface area contributed by atoms with E-state index in [4.69, 9.17) is 0 Å². The quantitative estimate of drug-likeness (QED) is 0.930. The molecule has 2 aliphatic heterocycles. The summed E-state index contributed by atoms with van der Waals surface area (Å²) in [6, 6.07) is 7.03. The Hall–Kier alpha value is -1.35. The standard InChI is InChI=1S/C19H28N2O/c1-13(2)19(22)21-14(3)9-17-11-15(6-7-18(17)21)10-16-5-4-8-20-12-16/h6-7,11,13-14,16,20H,4-5,8-10,12H2,1-3H3. The summed E-state index contributed by atoms with van der Waals surface area (Å²) in [7, 11) is 0. The van der Waals surface area contributed by atoms with Gasteiger partial charge in [0.25, 0.3) is 0 Å². The average molecular weight is 300 g/mol. The first kappa shape index (κ1) is 15.5. The van der Waals surface area contributed by atoms with Crippen molar-refractivity contribution < 1.29 is 4.79 Å². The van der Waals surface area contributed by atoms with Crippen molar-refractivity contribution in [1.82, 2.24) is 5.32 Å². The molecule has 3 nitrogen and oxygen atoms in total. The maximum absolute atomic E-state index is 12.4. The third-order valence-corrected chi connectivity index (χ3v) is 5.01. The number of nitrogens with one attached hydrogen (secondary N) is 1. The molecule has 1 fully saturated rings. The molecule has 2 atom stereocenters. The van der Waals surface area contributed by atoms with Crippen molar-refractivity contribution in [1.29, 1.82) is 0 Å². The van der Waals surface area contributed by atoms with Crippen LogP contribution < -0.4 is 10.2 Å². The Morgan fingerprint density at radius 1 is 1.41 bits per heavy atom. The van der Waals surface area contributed by atoms with Crippen LogP contribution >= 0.6 is 0 Å². The van der Waals surface area contributed by atoms with Crippen LogP contribution in [0.15, 0.2) is 18.2 Å². The predicted octanol–water partition coefficient (Wildman–Crippen LogP) is 3.16. The summed E-state index contributed by atoms with van der Waals surface area (Å²) < 4.78 is 0. The number of hydrogen-bond donors (Lipinski definition) is 1. The molecule has 0 aromatic heterocycles. The molecule has 120 valence electrons. The molecule has 1 amide bonds. The molecular weight excluding hydrogens is 272 g/mol. The first-order valence-corrected chi connectivity index (χ1v) is 8.72. The number of anilines is 1. The van der Waals surface area contributed by atoms with Gasteiger partial charge in [-0.3, -0.25) is 4.79 Å². The monoisotopic (exact) mass is 300 g/mol. The second-order valence-electron chi connectivity index (χ2n) is 7.30. The minimum Gasteiger partial charge on any atom is -0.316 e. The van der Waals surface area contributed by atoms with Crippen molar-refractivity contribution in [3.8, 4) is 0 Å². The molecule has 0 radical (unpaired) electrons. The second kappa shape index (κ2) is 6.41. The molecule has 3 heteroatoms. The molecule has 0 aliphatic carbocycles. The largest absolute Gasteiger partial charge is 0.316 e. The number of carbonyl (C=O) groups is 1. The van der Waals surface area contributed by atoms with Gasteiger partial charge in [0, 0.05) is 17.6 Å². The fraction of sp³-hybridized carbons (Fsp3) is 0.632. The molecule has 0 bridgehead atoms. The van der Waals surface area contributed by atoms with Crippen molar-refractivity contribution in [3.05, 3.63) is 29.3 Å². The Labute approximate surface area is 134 Å². The van der Waals surface area contributed by atoms with Crippen LogP contribution in [0, 0.1) is 11.8 Å². The Balaban J connectivity index is 1.77. The molecular formula is C19H28N2O. The van der Waals surface area contributed by atoms with Crippen LogP contribution in [0.4, 0.5) is 5.69 Å². The van der Waals surface area contributed by atoms with Gasteiger partial charge in [-0.2, -0.15) is 0 Å². The van der Waals surface area contributed by atoms with Crippen LogP contribution in [-0.2, 0) is 17.6 Å². The Morgan fingerprint density at radius 3 is 2.91 bits per heavy atom. The van der Waals surface area contributed by atoms with Crippen LogP contribution in [-0.4, -0.2) is 25.0 Å². The van der Waals surface area contributed by atoms with E-state index in [-0.39, 0.29) is 17.9 Å². The van der Waals surface area contributed by atoms with Crippen LogP contribution in [0.3, 0.4) is 0 Å². The van der Waals surface area contributed by atoms with E-state index in [1.165, 1.54) is 30.5 Å². The highest BCUT2D eigenvalue weighted by molar-refractivity contribution is 5.97. The lowest BCUT2D eigenvalue weighted by atomic mass is 9.91. The third-order valence-electron chi connectivity index (χ3n) is 5.01. The lowest BCUT2D eigenvalue weighted by Gasteiger charge is -2.25. The average Bonchev–Trinajstić information content (AvgIpc) is 2.82. The topological polar surface area (TPSA) is 32.3 Å². The highest BCUT2D eigenvalue weighted by Crippen LogP contribution is 2.34. The van der Waals surface area contributed by atoms with E-state index in [1.807, 2.05) is 18.7 Å². The zero-order valence-corrected chi connectivity index (χ0v) is 14.1. The van der Waals surface area contributed by atoms with E-state index in [0.717, 1.165) is 31.0 Å². The fourth-order valence-corrected chi connectivity index (χ4v) is 3.86. The molecule has 0 saturated carbocycles. The summed E-state index contributed by atoms with van der Waals surface area (Å²) in [4.78, 5) is 14.4. The van der Waals surface area contributed by atoms with E-state index in [0.29, 0.717) is 0 Å². The van der Waals surface area contributed by atoms with E-state index in [1.54, 1.807) is 0 Å². The molecule has 2 unspecified atom stereocenters. The minimum atomic E-state index is 0.0568. The van der Waals surface area contributed by atoms with Crippen LogP contribution in [0.2, 0.25) is 0 Å². The number of carbonyl (C=O) groups excluding carboxylic acids is 1. The van der Waals surface area contributed by atoms with Gasteiger partial charge < -0.3 is 10.2 Å². The summed E-state index contributed by atoms with van der Waals surface area (Å²) in [6.07, 6.45) is 4.78. The number of amides is 1. The molecule has 1 saturated heterocycles. The van der Waals surface area contributed by atoms with Crippen molar-refractivity contribution in [2.75, 3.05) is 18.0 Å². The second-order valence-corrected chi connectivity index (χ2v) is 7.30. The van der Waals surface area contributed by atoms with Crippen LogP contribution in [0.1, 0.15) is 44.7 Å². The van der Waals surface area contributed by atoms with Crippen molar-refractivity contribution in [2.45, 2.75) is 52.5 Å². The van der Waals surface area contributed by atoms with Gasteiger partial charge in [-0.1, -0.05) is 26.0 Å². The van der Waals surface area contributed by atoms with Gasteiger partial charge in [0.05, 0.1) is 0 Å². The number of rotatable bonds is 3. The van der Waals surface area contributed by atoms with E-state index in [9.17, 15) is 4.79 Å². The molecule has 2 heterocycles. The Bertz CT molecular complexity index is 546. The number of fused-ring (bicyclic) bond motifs is 1. The normalized spacial score (nSPS) is 24.6. The SMILES string of the molecule is CC(C)C(=O)N1c2ccc(CC3CCCNC3)cc2CC1C. The summed E-state index contributed by atoms with van der Waals surface area (Å²) in [5, 5.41) is 3.50. The molecule has 1 N–H and O–H groups in total. The molecule has 2 aliphatic rings. The first-order valence-electron chi connectivity index (χ1n) is 8.72. The molecule has 1 aromatic carbocycles. The summed E-state index contributed by atoms with van der Waals surface area (Å²) >= 11 is 0. The lowest BCUT2D eigenvalue weighted by Crippen LogP contribution is -2.38. The smallest absolute Gasteiger partial charge is 0.229 e.